The van der Waals surface area contributed by atoms with Crippen molar-refractivity contribution >= 4 is 48.0 Å². The molecule has 0 bridgehead atoms. The van der Waals surface area contributed by atoms with Gasteiger partial charge in [0.25, 0.3) is 16.1 Å². The molecule has 0 aliphatic carbocycles. The summed E-state index contributed by atoms with van der Waals surface area (Å²) in [5.41, 5.74) is 0. The monoisotopic (exact) mass is 347 g/mol. The molecule has 0 aromatic carbocycles. The smallest absolute Gasteiger partial charge is 0.210 e. The Morgan fingerprint density at radius 1 is 1.43 bits per heavy atom. The zero-order valence-corrected chi connectivity index (χ0v) is 11.6. The lowest BCUT2D eigenvalue weighted by Crippen LogP contribution is -2.22. The van der Waals surface area contributed by atoms with Gasteiger partial charge in [-0.1, -0.05) is 56.0 Å². The Labute approximate surface area is 100 Å². The Balaban J connectivity index is 4.45. The molecule has 82 valence electrons. The van der Waals surface area contributed by atoms with Crippen LogP contribution in [0.5, 0.6) is 0 Å². The molecule has 7 heteroatoms. The van der Waals surface area contributed by atoms with E-state index in [9.17, 15) is 13.2 Å². The molecule has 0 rings (SSSR count). The van der Waals surface area contributed by atoms with Gasteiger partial charge in [-0.05, 0) is 6.42 Å². The van der Waals surface area contributed by atoms with Crippen LogP contribution in [0.25, 0.3) is 0 Å². The Kier molecular flexibility index (Phi) is 6.85. The van der Waals surface area contributed by atoms with Crippen LogP contribution in [0.2, 0.25) is 0 Å². The molecule has 2 atom stereocenters. The van der Waals surface area contributed by atoms with Crippen molar-refractivity contribution in [3.8, 4) is 0 Å². The fourth-order valence-corrected chi connectivity index (χ4v) is 3.19. The number of halogens is 2. The number of carbonyl (C=O) groups excluding carboxylic acids is 1. The van der Waals surface area contributed by atoms with Crippen LogP contribution in [0.1, 0.15) is 26.2 Å². The summed E-state index contributed by atoms with van der Waals surface area (Å²) < 4.78 is 24.4. The quantitative estimate of drug-likeness (QED) is 0.420. The summed E-state index contributed by atoms with van der Waals surface area (Å²) in [5, 5.41) is 0. The molecular formula is C7H11Br2NO3S. The Hall–Kier alpha value is 0.290. The summed E-state index contributed by atoms with van der Waals surface area (Å²) in [5.74, 6) is 0. The van der Waals surface area contributed by atoms with Crippen LogP contribution in [0.4, 0.5) is 0 Å². The van der Waals surface area contributed by atoms with Gasteiger partial charge in [0.15, 0.2) is 4.16 Å². The van der Waals surface area contributed by atoms with Crippen LogP contribution < -0.4 is 0 Å². The predicted molar refractivity (Wildman–Crippen MR) is 62.0 cm³/mol. The summed E-state index contributed by atoms with van der Waals surface area (Å²) in [6, 6.07) is 0. The molecule has 0 spiro atoms. The van der Waals surface area contributed by atoms with Crippen molar-refractivity contribution in [2.24, 2.45) is 4.40 Å². The maximum Gasteiger partial charge on any atom is 0.277 e. The van der Waals surface area contributed by atoms with E-state index in [-0.39, 0.29) is 4.83 Å². The molecule has 0 aliphatic rings. The van der Waals surface area contributed by atoms with Crippen LogP contribution in [-0.4, -0.2) is 23.5 Å². The number of hydrogen-bond acceptors (Lipinski definition) is 3. The van der Waals surface area contributed by atoms with Gasteiger partial charge in [0.05, 0.1) is 0 Å². The highest BCUT2D eigenvalue weighted by Gasteiger charge is 2.28. The van der Waals surface area contributed by atoms with Crippen LogP contribution in [-0.2, 0) is 14.8 Å². The molecule has 0 aromatic heterocycles. The topological polar surface area (TPSA) is 63.6 Å². The minimum atomic E-state index is -3.77. The van der Waals surface area contributed by atoms with Gasteiger partial charge in [-0.2, -0.15) is 0 Å². The molecule has 14 heavy (non-hydrogen) atoms. The van der Waals surface area contributed by atoms with E-state index in [0.29, 0.717) is 6.42 Å². The second-order valence-corrected chi connectivity index (χ2v) is 7.20. The summed E-state index contributed by atoms with van der Waals surface area (Å²) in [6.45, 7) is 2.01. The number of isocyanates is 1. The SMILES string of the molecule is CCCCC(Br)C(Br)S(=O)(=O)N=C=O. The van der Waals surface area contributed by atoms with E-state index in [4.69, 9.17) is 0 Å². The van der Waals surface area contributed by atoms with E-state index in [0.717, 1.165) is 18.9 Å². The largest absolute Gasteiger partial charge is 0.277 e. The standard InChI is InChI=1S/C7H11Br2NO3S/c1-2-3-4-6(8)7(9)14(12,13)10-5-11/h6-7H,2-4H2,1H3. The minimum Gasteiger partial charge on any atom is -0.210 e. The molecule has 0 heterocycles. The third-order valence-electron chi connectivity index (χ3n) is 1.57. The normalized spacial score (nSPS) is 15.6. The van der Waals surface area contributed by atoms with E-state index in [2.05, 4.69) is 36.3 Å². The van der Waals surface area contributed by atoms with Gasteiger partial charge in [-0.15, -0.1) is 0 Å². The number of rotatable bonds is 6. The first-order valence-corrected chi connectivity index (χ1v) is 7.40. The van der Waals surface area contributed by atoms with E-state index < -0.39 is 14.2 Å². The predicted octanol–water partition coefficient (Wildman–Crippen LogP) is 2.33. The van der Waals surface area contributed by atoms with Crippen LogP contribution in [0, 0.1) is 0 Å². The van der Waals surface area contributed by atoms with Gasteiger partial charge >= 0.3 is 0 Å². The van der Waals surface area contributed by atoms with Crippen LogP contribution >= 0.6 is 31.9 Å². The molecule has 0 aliphatic heterocycles. The first-order valence-electron chi connectivity index (χ1n) is 4.06. The number of hydrogen-bond donors (Lipinski definition) is 0. The van der Waals surface area contributed by atoms with Crippen molar-refractivity contribution in [2.45, 2.75) is 35.2 Å². The Morgan fingerprint density at radius 2 is 2.00 bits per heavy atom. The maximum atomic E-state index is 11.2. The van der Waals surface area contributed by atoms with Crippen molar-refractivity contribution in [2.75, 3.05) is 0 Å². The first-order chi connectivity index (χ1) is 6.45. The molecule has 0 fully saturated rings. The fourth-order valence-electron chi connectivity index (χ4n) is 0.819. The fraction of sp³-hybridized carbons (Fsp3) is 0.857. The van der Waals surface area contributed by atoms with Crippen molar-refractivity contribution in [3.05, 3.63) is 0 Å². The van der Waals surface area contributed by atoms with Crippen molar-refractivity contribution in [1.29, 1.82) is 0 Å². The number of unbranched alkanes of at least 4 members (excludes halogenated alkanes) is 1. The van der Waals surface area contributed by atoms with Gasteiger partial charge in [-0.3, -0.25) is 0 Å². The lowest BCUT2D eigenvalue weighted by molar-refractivity contribution is 0.563. The Morgan fingerprint density at radius 3 is 2.43 bits per heavy atom. The first kappa shape index (κ1) is 14.3. The third-order valence-corrected chi connectivity index (χ3v) is 6.89. The average Bonchev–Trinajstić information content (AvgIpc) is 2.12. The highest BCUT2D eigenvalue weighted by atomic mass is 79.9. The van der Waals surface area contributed by atoms with E-state index in [1.54, 1.807) is 0 Å². The van der Waals surface area contributed by atoms with E-state index >= 15 is 0 Å². The zero-order valence-electron chi connectivity index (χ0n) is 7.61. The molecule has 4 nitrogen and oxygen atoms in total. The summed E-state index contributed by atoms with van der Waals surface area (Å²) in [7, 11) is -3.77. The van der Waals surface area contributed by atoms with Crippen LogP contribution in [0.3, 0.4) is 0 Å². The second-order valence-electron chi connectivity index (χ2n) is 2.71. The van der Waals surface area contributed by atoms with Gasteiger partial charge in [-0.25, -0.2) is 13.2 Å². The van der Waals surface area contributed by atoms with Crippen LogP contribution in [0.15, 0.2) is 4.40 Å². The lowest BCUT2D eigenvalue weighted by atomic mass is 10.2. The number of alkyl halides is 2. The van der Waals surface area contributed by atoms with Gasteiger partial charge in [0.2, 0.25) is 0 Å². The molecule has 0 saturated carbocycles. The molecule has 0 aromatic rings. The maximum absolute atomic E-state index is 11.2. The Bertz CT molecular complexity index is 311. The molecule has 2 unspecified atom stereocenters. The highest BCUT2D eigenvalue weighted by Crippen LogP contribution is 2.25. The summed E-state index contributed by atoms with van der Waals surface area (Å²) in [4.78, 5) is 9.61. The summed E-state index contributed by atoms with van der Waals surface area (Å²) >= 11 is 6.22. The summed E-state index contributed by atoms with van der Waals surface area (Å²) in [6.07, 6.45) is 3.64. The molecule has 0 N–H and O–H groups in total. The van der Waals surface area contributed by atoms with Crippen molar-refractivity contribution in [1.82, 2.24) is 0 Å². The second kappa shape index (κ2) is 6.71. The zero-order chi connectivity index (χ0) is 11.2. The van der Waals surface area contributed by atoms with Crippen molar-refractivity contribution in [3.63, 3.8) is 0 Å². The van der Waals surface area contributed by atoms with Crippen molar-refractivity contribution < 1.29 is 13.2 Å². The van der Waals surface area contributed by atoms with Gasteiger partial charge in [0.1, 0.15) is 0 Å². The minimum absolute atomic E-state index is 0.246. The lowest BCUT2D eigenvalue weighted by Gasteiger charge is -2.12. The van der Waals surface area contributed by atoms with Gasteiger partial charge < -0.3 is 0 Å². The van der Waals surface area contributed by atoms with E-state index in [1.165, 1.54) is 0 Å². The molecule has 0 amide bonds. The number of nitrogens with zero attached hydrogens (tertiary/aromatic N) is 1. The van der Waals surface area contributed by atoms with E-state index in [1.807, 2.05) is 6.92 Å². The highest BCUT2D eigenvalue weighted by molar-refractivity contribution is 9.13. The molecule has 0 radical (unpaired) electrons. The molecular weight excluding hydrogens is 338 g/mol. The average molecular weight is 349 g/mol. The van der Waals surface area contributed by atoms with Gasteiger partial charge in [0, 0.05) is 4.83 Å². The number of sulfonamides is 1. The molecule has 0 saturated heterocycles. The third kappa shape index (κ3) is 4.68.